The minimum absolute atomic E-state index is 0.0883. The van der Waals surface area contributed by atoms with Crippen LogP contribution in [0.5, 0.6) is 0 Å². The van der Waals surface area contributed by atoms with Crippen LogP contribution in [0.15, 0.2) is 58.4 Å². The second-order valence-electron chi connectivity index (χ2n) is 9.16. The molecule has 3 aromatic rings. The topological polar surface area (TPSA) is 105 Å². The molecule has 9 nitrogen and oxygen atoms in total. The van der Waals surface area contributed by atoms with Crippen LogP contribution in [-0.2, 0) is 4.79 Å². The molecule has 1 fully saturated rings. The van der Waals surface area contributed by atoms with Crippen molar-refractivity contribution in [3.8, 4) is 0 Å². The summed E-state index contributed by atoms with van der Waals surface area (Å²) in [5, 5.41) is 12.1. The van der Waals surface area contributed by atoms with E-state index in [0.29, 0.717) is 35.1 Å². The van der Waals surface area contributed by atoms with Crippen molar-refractivity contribution in [2.45, 2.75) is 38.6 Å². The molecule has 0 saturated carbocycles. The summed E-state index contributed by atoms with van der Waals surface area (Å²) in [6.45, 7) is 4.56. The number of carbonyl (C=O) groups excluding carboxylic acids is 2. The minimum atomic E-state index is -0.472. The zero-order valence-corrected chi connectivity index (χ0v) is 20.9. The third kappa shape index (κ3) is 5.08. The monoisotopic (exact) mass is 505 g/mol. The van der Waals surface area contributed by atoms with Crippen LogP contribution >= 0.6 is 11.6 Å². The van der Waals surface area contributed by atoms with Gasteiger partial charge in [-0.2, -0.15) is 0 Å². The average Bonchev–Trinajstić information content (AvgIpc) is 3.10. The minimum Gasteiger partial charge on any atom is -0.337 e. The highest BCUT2D eigenvalue weighted by atomic mass is 35.5. The zero-order chi connectivity index (χ0) is 25.1. The molecule has 36 heavy (non-hydrogen) atoms. The van der Waals surface area contributed by atoms with Gasteiger partial charge in [0, 0.05) is 42.7 Å². The van der Waals surface area contributed by atoms with Crippen LogP contribution in [0.1, 0.15) is 47.8 Å². The van der Waals surface area contributed by atoms with Crippen molar-refractivity contribution in [2.75, 3.05) is 26.2 Å². The van der Waals surface area contributed by atoms with Gasteiger partial charge in [-0.15, -0.1) is 10.2 Å². The van der Waals surface area contributed by atoms with E-state index in [1.54, 1.807) is 18.3 Å². The van der Waals surface area contributed by atoms with E-state index in [1.165, 1.54) is 0 Å². The van der Waals surface area contributed by atoms with Crippen LogP contribution in [0.2, 0.25) is 5.02 Å². The third-order valence-corrected chi connectivity index (χ3v) is 6.96. The molecular formula is C26H28ClN7O2. The van der Waals surface area contributed by atoms with Crippen LogP contribution in [0.4, 0.5) is 5.95 Å². The maximum absolute atomic E-state index is 13.3. The number of aryl methyl sites for hydroxylation is 1. The van der Waals surface area contributed by atoms with E-state index < -0.39 is 5.91 Å². The Kier molecular flexibility index (Phi) is 7.20. The quantitative estimate of drug-likeness (QED) is 0.513. The highest BCUT2D eigenvalue weighted by molar-refractivity contribution is 6.35. The van der Waals surface area contributed by atoms with Gasteiger partial charge >= 0.3 is 0 Å². The molecule has 10 heteroatoms. The number of azo groups is 1. The van der Waals surface area contributed by atoms with E-state index in [0.717, 1.165) is 55.6 Å². The van der Waals surface area contributed by atoms with Gasteiger partial charge in [-0.05, 0) is 63.4 Å². The molecule has 5 rings (SSSR count). The van der Waals surface area contributed by atoms with Crippen molar-refractivity contribution in [2.24, 2.45) is 10.2 Å². The Bertz CT molecular complexity index is 1360. The van der Waals surface area contributed by atoms with Gasteiger partial charge in [0.2, 0.25) is 5.91 Å². The van der Waals surface area contributed by atoms with Crippen LogP contribution in [0, 0.1) is 6.92 Å². The normalized spacial score (nSPS) is 18.9. The molecule has 0 bridgehead atoms. The first kappa shape index (κ1) is 24.3. The van der Waals surface area contributed by atoms with Gasteiger partial charge in [-0.3, -0.25) is 14.6 Å². The van der Waals surface area contributed by atoms with E-state index in [2.05, 4.69) is 25.5 Å². The number of imidazole rings is 1. The predicted molar refractivity (Wildman–Crippen MR) is 138 cm³/mol. The molecule has 0 radical (unpaired) electrons. The Hall–Kier alpha value is -3.43. The van der Waals surface area contributed by atoms with Gasteiger partial charge in [0.15, 0.2) is 0 Å². The lowest BCUT2D eigenvalue weighted by Crippen LogP contribution is -2.38. The van der Waals surface area contributed by atoms with Crippen molar-refractivity contribution in [1.82, 2.24) is 24.8 Å². The maximum atomic E-state index is 13.3. The Morgan fingerprint density at radius 1 is 1.22 bits per heavy atom. The van der Waals surface area contributed by atoms with Crippen molar-refractivity contribution in [3.05, 3.63) is 64.5 Å². The highest BCUT2D eigenvalue weighted by Gasteiger charge is 2.29. The molecular weight excluding hydrogens is 478 g/mol. The summed E-state index contributed by atoms with van der Waals surface area (Å²) in [5.41, 5.74) is 3.41. The fourth-order valence-corrected chi connectivity index (χ4v) is 5.13. The summed E-state index contributed by atoms with van der Waals surface area (Å²) >= 11 is 6.63. The Morgan fingerprint density at radius 2 is 2.11 bits per heavy atom. The number of nitrogens with zero attached hydrogens (tertiary/aromatic N) is 6. The smallest absolute Gasteiger partial charge is 0.295 e. The number of rotatable bonds is 4. The summed E-state index contributed by atoms with van der Waals surface area (Å²) in [7, 11) is 0. The van der Waals surface area contributed by atoms with Gasteiger partial charge in [-0.1, -0.05) is 23.7 Å². The zero-order valence-electron chi connectivity index (χ0n) is 20.2. The molecule has 1 saturated heterocycles. The molecule has 1 atom stereocenters. The summed E-state index contributed by atoms with van der Waals surface area (Å²) in [4.78, 5) is 36.7. The van der Waals surface area contributed by atoms with Gasteiger partial charge in [0.1, 0.15) is 0 Å². The van der Waals surface area contributed by atoms with Crippen LogP contribution in [0.25, 0.3) is 11.0 Å². The molecule has 4 heterocycles. The van der Waals surface area contributed by atoms with E-state index in [-0.39, 0.29) is 11.9 Å². The lowest BCUT2D eigenvalue weighted by molar-refractivity contribution is -0.127. The summed E-state index contributed by atoms with van der Waals surface area (Å²) in [6.07, 6.45) is 7.00. The molecule has 2 amide bonds. The fraction of sp³-hybridized carbons (Fsp3) is 0.385. The van der Waals surface area contributed by atoms with E-state index in [4.69, 9.17) is 11.6 Å². The highest BCUT2D eigenvalue weighted by Crippen LogP contribution is 2.35. The standard InChI is InChI=1S/C26H28ClN7O2/c1-17-15-19(10-13-29-17)24(35)31-32-26-30-22-7-4-6-21(27)23(22)34(26)20-5-2-3-14-33(16-20)25(36)18-8-11-28-12-9-18/h4,6-8,10,13,15,20,28H,2-3,5,9,11-12,14,16H2,1H3/t20-/m1/s1. The Labute approximate surface area is 214 Å². The fourth-order valence-electron chi connectivity index (χ4n) is 4.87. The van der Waals surface area contributed by atoms with Gasteiger partial charge in [-0.25, -0.2) is 4.98 Å². The van der Waals surface area contributed by atoms with Crippen molar-refractivity contribution in [3.63, 3.8) is 0 Å². The number of hydrogen-bond donors (Lipinski definition) is 1. The summed E-state index contributed by atoms with van der Waals surface area (Å²) < 4.78 is 1.95. The summed E-state index contributed by atoms with van der Waals surface area (Å²) in [5.74, 6) is -0.0799. The number of aromatic nitrogens is 3. The van der Waals surface area contributed by atoms with E-state index in [9.17, 15) is 9.59 Å². The number of benzene rings is 1. The number of hydrogen-bond acceptors (Lipinski definition) is 6. The molecule has 0 unspecified atom stereocenters. The second kappa shape index (κ2) is 10.7. The maximum Gasteiger partial charge on any atom is 0.295 e. The molecule has 0 spiro atoms. The largest absolute Gasteiger partial charge is 0.337 e. The molecule has 1 N–H and O–H groups in total. The van der Waals surface area contributed by atoms with Crippen molar-refractivity contribution < 1.29 is 9.59 Å². The summed E-state index contributed by atoms with van der Waals surface area (Å²) in [6, 6.07) is 8.69. The van der Waals surface area contributed by atoms with Crippen molar-refractivity contribution in [1.29, 1.82) is 0 Å². The molecule has 0 aliphatic carbocycles. The number of halogens is 1. The number of fused-ring (bicyclic) bond motifs is 1. The number of carbonyl (C=O) groups is 2. The first-order valence-corrected chi connectivity index (χ1v) is 12.6. The first-order valence-electron chi connectivity index (χ1n) is 12.3. The third-order valence-electron chi connectivity index (χ3n) is 6.65. The first-order chi connectivity index (χ1) is 17.5. The average molecular weight is 506 g/mol. The number of likely N-dealkylation sites (tertiary alicyclic amines) is 1. The number of pyridine rings is 1. The number of amides is 2. The van der Waals surface area contributed by atoms with E-state index in [1.807, 2.05) is 40.7 Å². The van der Waals surface area contributed by atoms with Gasteiger partial charge in [0.25, 0.3) is 11.9 Å². The number of nitrogens with one attached hydrogen (secondary N) is 1. The van der Waals surface area contributed by atoms with Crippen molar-refractivity contribution >= 4 is 40.4 Å². The SMILES string of the molecule is Cc1cc(C(=O)N=Nc2nc3cccc(Cl)c3n2[C@@H]2CCCCN(C(=O)C3=CCNCC3)C2)ccn1. The Morgan fingerprint density at radius 3 is 2.92 bits per heavy atom. The lowest BCUT2D eigenvalue weighted by atomic mass is 10.1. The number of para-hydroxylation sites is 1. The van der Waals surface area contributed by atoms with Crippen LogP contribution < -0.4 is 5.32 Å². The van der Waals surface area contributed by atoms with Crippen LogP contribution in [0.3, 0.4) is 0 Å². The molecule has 2 aliphatic heterocycles. The molecule has 1 aromatic carbocycles. The van der Waals surface area contributed by atoms with Gasteiger partial charge < -0.3 is 14.8 Å². The molecule has 2 aromatic heterocycles. The molecule has 2 aliphatic rings. The lowest BCUT2D eigenvalue weighted by Gasteiger charge is -2.28. The predicted octanol–water partition coefficient (Wildman–Crippen LogP) is 4.79. The van der Waals surface area contributed by atoms with E-state index >= 15 is 0 Å². The second-order valence-corrected chi connectivity index (χ2v) is 9.57. The Balaban J connectivity index is 1.50. The molecule has 186 valence electrons. The van der Waals surface area contributed by atoms with Crippen LogP contribution in [-0.4, -0.2) is 57.4 Å². The van der Waals surface area contributed by atoms with Gasteiger partial charge in [0.05, 0.1) is 22.1 Å².